The van der Waals surface area contributed by atoms with Gasteiger partial charge in [0.2, 0.25) is 5.82 Å². The molecule has 7 heteroatoms. The summed E-state index contributed by atoms with van der Waals surface area (Å²) in [4.78, 5) is 17.9. The van der Waals surface area contributed by atoms with E-state index < -0.39 is 4.92 Å². The lowest BCUT2D eigenvalue weighted by molar-refractivity contribution is -0.387. The van der Waals surface area contributed by atoms with E-state index in [9.17, 15) is 10.1 Å². The second-order valence-corrected chi connectivity index (χ2v) is 4.91. The van der Waals surface area contributed by atoms with Crippen molar-refractivity contribution in [1.82, 2.24) is 9.97 Å². The van der Waals surface area contributed by atoms with Crippen LogP contribution in [0.1, 0.15) is 11.1 Å². The molecule has 2 aromatic rings. The van der Waals surface area contributed by atoms with E-state index >= 15 is 0 Å². The van der Waals surface area contributed by atoms with Crippen LogP contribution in [0.2, 0.25) is 0 Å². The van der Waals surface area contributed by atoms with Crippen LogP contribution in [0.3, 0.4) is 0 Å². The first kappa shape index (κ1) is 13.3. The van der Waals surface area contributed by atoms with Crippen LogP contribution in [0.15, 0.2) is 35.6 Å². The van der Waals surface area contributed by atoms with Crippen LogP contribution in [0.5, 0.6) is 0 Å². The molecular formula is C12H12N4O2S. The Morgan fingerprint density at radius 1 is 1.32 bits per heavy atom. The van der Waals surface area contributed by atoms with Crippen molar-refractivity contribution in [2.75, 3.05) is 5.73 Å². The summed E-state index contributed by atoms with van der Waals surface area (Å²) in [7, 11) is 0. The van der Waals surface area contributed by atoms with Gasteiger partial charge in [0.1, 0.15) is 6.33 Å². The van der Waals surface area contributed by atoms with Crippen molar-refractivity contribution < 1.29 is 4.92 Å². The number of anilines is 1. The Hall–Kier alpha value is -2.15. The van der Waals surface area contributed by atoms with Crippen molar-refractivity contribution in [3.05, 3.63) is 51.8 Å². The zero-order valence-corrected chi connectivity index (χ0v) is 11.1. The normalized spacial score (nSPS) is 10.4. The van der Waals surface area contributed by atoms with E-state index in [-0.39, 0.29) is 16.5 Å². The standard InChI is InChI=1S/C12H12N4O2S/c1-8-2-4-9(5-3-8)6-19-12-10(16(17)18)11(13)14-7-15-12/h2-5,7H,6H2,1H3,(H2,13,14,15). The van der Waals surface area contributed by atoms with E-state index in [0.717, 1.165) is 5.56 Å². The fourth-order valence-electron chi connectivity index (χ4n) is 1.49. The number of nitrogen functional groups attached to an aromatic ring is 1. The highest BCUT2D eigenvalue weighted by Crippen LogP contribution is 2.32. The third kappa shape index (κ3) is 3.19. The van der Waals surface area contributed by atoms with Gasteiger partial charge in [-0.05, 0) is 12.5 Å². The fraction of sp³-hybridized carbons (Fsp3) is 0.167. The van der Waals surface area contributed by atoms with E-state index in [1.54, 1.807) is 0 Å². The molecule has 2 N–H and O–H groups in total. The van der Waals surface area contributed by atoms with E-state index in [0.29, 0.717) is 5.75 Å². The number of hydrogen-bond donors (Lipinski definition) is 1. The molecule has 0 radical (unpaired) electrons. The molecule has 0 aliphatic rings. The molecule has 0 amide bonds. The van der Waals surface area contributed by atoms with Gasteiger partial charge in [-0.2, -0.15) is 0 Å². The molecule has 0 bridgehead atoms. The van der Waals surface area contributed by atoms with Crippen molar-refractivity contribution in [3.8, 4) is 0 Å². The van der Waals surface area contributed by atoms with Crippen LogP contribution in [-0.4, -0.2) is 14.9 Å². The van der Waals surface area contributed by atoms with Crippen LogP contribution in [0, 0.1) is 17.0 Å². The van der Waals surface area contributed by atoms with Gasteiger partial charge in [-0.1, -0.05) is 41.6 Å². The minimum atomic E-state index is -0.549. The van der Waals surface area contributed by atoms with Crippen molar-refractivity contribution in [2.45, 2.75) is 17.7 Å². The number of nitrogens with two attached hydrogens (primary N) is 1. The highest BCUT2D eigenvalue weighted by Gasteiger charge is 2.20. The minimum Gasteiger partial charge on any atom is -0.378 e. The molecule has 0 fully saturated rings. The number of aromatic nitrogens is 2. The lowest BCUT2D eigenvalue weighted by Crippen LogP contribution is -2.01. The van der Waals surface area contributed by atoms with Gasteiger partial charge < -0.3 is 5.73 Å². The number of hydrogen-bond acceptors (Lipinski definition) is 6. The lowest BCUT2D eigenvalue weighted by atomic mass is 10.2. The summed E-state index contributed by atoms with van der Waals surface area (Å²) in [6.07, 6.45) is 1.24. The van der Waals surface area contributed by atoms with Gasteiger partial charge in [-0.3, -0.25) is 10.1 Å². The first-order valence-electron chi connectivity index (χ1n) is 5.51. The number of thioether (sulfide) groups is 1. The number of rotatable bonds is 4. The topological polar surface area (TPSA) is 94.9 Å². The zero-order chi connectivity index (χ0) is 13.8. The van der Waals surface area contributed by atoms with Crippen LogP contribution < -0.4 is 5.73 Å². The summed E-state index contributed by atoms with van der Waals surface area (Å²) in [5.41, 5.74) is 7.53. The lowest BCUT2D eigenvalue weighted by Gasteiger charge is -2.03. The molecule has 2 rings (SSSR count). The Morgan fingerprint density at radius 3 is 2.63 bits per heavy atom. The number of aryl methyl sites for hydroxylation is 1. The molecule has 0 atom stereocenters. The average molecular weight is 276 g/mol. The first-order valence-corrected chi connectivity index (χ1v) is 6.49. The molecule has 0 saturated heterocycles. The predicted molar refractivity (Wildman–Crippen MR) is 73.8 cm³/mol. The van der Waals surface area contributed by atoms with Gasteiger partial charge in [0, 0.05) is 5.75 Å². The Bertz CT molecular complexity index is 601. The largest absolute Gasteiger partial charge is 0.378 e. The molecule has 0 aliphatic carbocycles. The molecule has 0 aliphatic heterocycles. The molecule has 0 unspecified atom stereocenters. The van der Waals surface area contributed by atoms with Gasteiger partial charge in [0.05, 0.1) is 4.92 Å². The van der Waals surface area contributed by atoms with E-state index in [1.807, 2.05) is 31.2 Å². The summed E-state index contributed by atoms with van der Waals surface area (Å²) in [5.74, 6) is 0.490. The van der Waals surface area contributed by atoms with Crippen molar-refractivity contribution in [1.29, 1.82) is 0 Å². The average Bonchev–Trinajstić information content (AvgIpc) is 2.37. The summed E-state index contributed by atoms with van der Waals surface area (Å²) < 4.78 is 0. The van der Waals surface area contributed by atoms with Crippen LogP contribution in [-0.2, 0) is 5.75 Å². The van der Waals surface area contributed by atoms with Gasteiger partial charge in [0.25, 0.3) is 0 Å². The second-order valence-electron chi connectivity index (χ2n) is 3.94. The number of nitro groups is 1. The third-order valence-corrected chi connectivity index (χ3v) is 3.55. The van der Waals surface area contributed by atoms with Crippen LogP contribution in [0.25, 0.3) is 0 Å². The highest BCUT2D eigenvalue weighted by atomic mass is 32.2. The Morgan fingerprint density at radius 2 is 2.00 bits per heavy atom. The summed E-state index contributed by atoms with van der Waals surface area (Å²) >= 11 is 1.28. The predicted octanol–water partition coefficient (Wildman–Crippen LogP) is 2.57. The van der Waals surface area contributed by atoms with Crippen molar-refractivity contribution >= 4 is 23.3 Å². The van der Waals surface area contributed by atoms with E-state index in [1.165, 1.54) is 23.7 Å². The molecular weight excluding hydrogens is 264 g/mol. The molecule has 19 heavy (non-hydrogen) atoms. The molecule has 98 valence electrons. The molecule has 1 aromatic heterocycles. The van der Waals surface area contributed by atoms with Gasteiger partial charge in [0.15, 0.2) is 5.03 Å². The first-order chi connectivity index (χ1) is 9.08. The molecule has 1 aromatic carbocycles. The quantitative estimate of drug-likeness (QED) is 0.399. The van der Waals surface area contributed by atoms with Crippen LogP contribution in [0.4, 0.5) is 11.5 Å². The SMILES string of the molecule is Cc1ccc(CSc2ncnc(N)c2[N+](=O)[O-])cc1. The smallest absolute Gasteiger partial charge is 0.343 e. The van der Waals surface area contributed by atoms with Crippen LogP contribution >= 0.6 is 11.8 Å². The van der Waals surface area contributed by atoms with Crippen molar-refractivity contribution in [2.24, 2.45) is 0 Å². The summed E-state index contributed by atoms with van der Waals surface area (Å²) in [6.45, 7) is 2.01. The number of nitrogens with zero attached hydrogens (tertiary/aromatic N) is 3. The summed E-state index contributed by atoms with van der Waals surface area (Å²) in [6, 6.07) is 7.97. The zero-order valence-electron chi connectivity index (χ0n) is 10.2. The summed E-state index contributed by atoms with van der Waals surface area (Å²) in [5, 5.41) is 11.2. The fourth-order valence-corrected chi connectivity index (χ4v) is 2.42. The van der Waals surface area contributed by atoms with E-state index in [2.05, 4.69) is 9.97 Å². The second kappa shape index (κ2) is 5.66. The number of benzene rings is 1. The van der Waals surface area contributed by atoms with Gasteiger partial charge in [-0.25, -0.2) is 9.97 Å². The molecule has 0 saturated carbocycles. The highest BCUT2D eigenvalue weighted by molar-refractivity contribution is 7.98. The third-order valence-electron chi connectivity index (χ3n) is 2.50. The Kier molecular flexibility index (Phi) is 3.96. The minimum absolute atomic E-state index is 0.105. The Balaban J connectivity index is 2.18. The molecule has 6 nitrogen and oxygen atoms in total. The molecule has 0 spiro atoms. The Labute approximate surface area is 114 Å². The maximum Gasteiger partial charge on any atom is 0.343 e. The molecule has 1 heterocycles. The maximum absolute atomic E-state index is 10.9. The van der Waals surface area contributed by atoms with Gasteiger partial charge in [-0.15, -0.1) is 0 Å². The maximum atomic E-state index is 10.9. The monoisotopic (exact) mass is 276 g/mol. The van der Waals surface area contributed by atoms with Gasteiger partial charge >= 0.3 is 5.69 Å². The van der Waals surface area contributed by atoms with Crippen molar-refractivity contribution in [3.63, 3.8) is 0 Å². The van der Waals surface area contributed by atoms with E-state index in [4.69, 9.17) is 5.73 Å².